The van der Waals surface area contributed by atoms with Crippen molar-refractivity contribution in [2.45, 2.75) is 59.0 Å². The number of carbonyl (C=O) groups excluding carboxylic acids is 1. The van der Waals surface area contributed by atoms with Crippen molar-refractivity contribution in [3.8, 4) is 5.75 Å². The molecule has 0 saturated heterocycles. The minimum atomic E-state index is -0.245. The van der Waals surface area contributed by atoms with Crippen molar-refractivity contribution in [1.82, 2.24) is 9.97 Å². The fourth-order valence-corrected chi connectivity index (χ4v) is 4.81. The smallest absolute Gasteiger partial charge is 0.348 e. The summed E-state index contributed by atoms with van der Waals surface area (Å²) in [6.45, 7) is 6.87. The molecule has 1 aliphatic carbocycles. The monoisotopic (exact) mass is 439 g/mol. The van der Waals surface area contributed by atoms with E-state index in [1.807, 2.05) is 31.2 Å². The largest absolute Gasteiger partial charge is 0.493 e. The zero-order valence-electron chi connectivity index (χ0n) is 18.3. The highest BCUT2D eigenvalue weighted by Crippen LogP contribution is 2.35. The Morgan fingerprint density at radius 2 is 1.90 bits per heavy atom. The lowest BCUT2D eigenvalue weighted by Crippen LogP contribution is -2.20. The molecule has 2 aromatic heterocycles. The molecule has 3 aromatic rings. The SMILES string of the molecule is Cc1c(C(=O)OC2CCCCC2)sc2ncnc(Nc3ccc(OCC(C)C)cc3)c12. The number of carbonyl (C=O) groups is 1. The Labute approximate surface area is 187 Å². The molecule has 0 spiro atoms. The van der Waals surface area contributed by atoms with E-state index in [1.165, 1.54) is 24.1 Å². The molecule has 0 aliphatic heterocycles. The predicted octanol–water partition coefficient (Wildman–Crippen LogP) is 6.27. The van der Waals surface area contributed by atoms with Gasteiger partial charge in [0.15, 0.2) is 0 Å². The summed E-state index contributed by atoms with van der Waals surface area (Å²) in [6.07, 6.45) is 6.96. The topological polar surface area (TPSA) is 73.3 Å². The molecule has 0 radical (unpaired) electrons. The number of esters is 1. The number of nitrogens with one attached hydrogen (secondary N) is 1. The molecule has 0 unspecified atom stereocenters. The zero-order valence-corrected chi connectivity index (χ0v) is 19.1. The van der Waals surface area contributed by atoms with Gasteiger partial charge >= 0.3 is 5.97 Å². The first-order chi connectivity index (χ1) is 15.0. The van der Waals surface area contributed by atoms with Gasteiger partial charge in [0.2, 0.25) is 0 Å². The van der Waals surface area contributed by atoms with Crippen molar-refractivity contribution < 1.29 is 14.3 Å². The minimum Gasteiger partial charge on any atom is -0.493 e. The number of anilines is 2. The molecule has 31 heavy (non-hydrogen) atoms. The first kappa shape index (κ1) is 21.6. The van der Waals surface area contributed by atoms with Crippen molar-refractivity contribution in [3.05, 3.63) is 41.0 Å². The van der Waals surface area contributed by atoms with Gasteiger partial charge in [-0.3, -0.25) is 0 Å². The van der Waals surface area contributed by atoms with Gasteiger partial charge in [-0.2, -0.15) is 0 Å². The van der Waals surface area contributed by atoms with Crippen molar-refractivity contribution in [2.24, 2.45) is 5.92 Å². The van der Waals surface area contributed by atoms with Crippen LogP contribution in [0.15, 0.2) is 30.6 Å². The highest BCUT2D eigenvalue weighted by atomic mass is 32.1. The van der Waals surface area contributed by atoms with E-state index in [-0.39, 0.29) is 12.1 Å². The number of nitrogens with zero attached hydrogens (tertiary/aromatic N) is 2. The Hall–Kier alpha value is -2.67. The van der Waals surface area contributed by atoms with Crippen LogP contribution in [-0.2, 0) is 4.74 Å². The molecular weight excluding hydrogens is 410 g/mol. The van der Waals surface area contributed by atoms with E-state index in [0.29, 0.717) is 23.2 Å². The average Bonchev–Trinajstić information content (AvgIpc) is 3.11. The third kappa shape index (κ3) is 5.15. The summed E-state index contributed by atoms with van der Waals surface area (Å²) in [5.41, 5.74) is 1.76. The normalized spacial score (nSPS) is 14.7. The predicted molar refractivity (Wildman–Crippen MR) is 124 cm³/mol. The van der Waals surface area contributed by atoms with E-state index in [2.05, 4.69) is 29.1 Å². The molecule has 0 amide bonds. The summed E-state index contributed by atoms with van der Waals surface area (Å²) in [6, 6.07) is 7.81. The number of aryl methyl sites for hydroxylation is 1. The lowest BCUT2D eigenvalue weighted by molar-refractivity contribution is 0.0216. The molecule has 6 nitrogen and oxygen atoms in total. The van der Waals surface area contributed by atoms with Crippen LogP contribution in [0.5, 0.6) is 5.75 Å². The molecule has 2 heterocycles. The number of thiophene rings is 1. The highest BCUT2D eigenvalue weighted by Gasteiger charge is 2.24. The Kier molecular flexibility index (Phi) is 6.70. The molecule has 1 aromatic carbocycles. The van der Waals surface area contributed by atoms with Gasteiger partial charge in [-0.25, -0.2) is 14.8 Å². The van der Waals surface area contributed by atoms with E-state index in [0.717, 1.165) is 52.9 Å². The molecule has 164 valence electrons. The van der Waals surface area contributed by atoms with Crippen LogP contribution in [0.25, 0.3) is 10.2 Å². The number of benzene rings is 1. The first-order valence-corrected chi connectivity index (χ1v) is 11.8. The van der Waals surface area contributed by atoms with Crippen LogP contribution in [0.4, 0.5) is 11.5 Å². The third-order valence-corrected chi connectivity index (χ3v) is 6.62. The highest BCUT2D eigenvalue weighted by molar-refractivity contribution is 7.20. The van der Waals surface area contributed by atoms with Crippen molar-refractivity contribution in [2.75, 3.05) is 11.9 Å². The van der Waals surface area contributed by atoms with E-state index >= 15 is 0 Å². The Bertz CT molecular complexity index is 1040. The summed E-state index contributed by atoms with van der Waals surface area (Å²) in [7, 11) is 0. The van der Waals surface area contributed by atoms with Gasteiger partial charge in [0.05, 0.1) is 12.0 Å². The Morgan fingerprint density at radius 3 is 2.61 bits per heavy atom. The maximum atomic E-state index is 12.8. The van der Waals surface area contributed by atoms with Crippen LogP contribution in [0, 0.1) is 12.8 Å². The molecule has 0 atom stereocenters. The van der Waals surface area contributed by atoms with Crippen LogP contribution < -0.4 is 10.1 Å². The lowest BCUT2D eigenvalue weighted by atomic mass is 9.98. The second-order valence-electron chi connectivity index (χ2n) is 8.48. The number of rotatable bonds is 7. The summed E-state index contributed by atoms with van der Waals surface area (Å²) in [5, 5.41) is 4.23. The second kappa shape index (κ2) is 9.64. The molecule has 1 saturated carbocycles. The maximum Gasteiger partial charge on any atom is 0.348 e. The van der Waals surface area contributed by atoms with Crippen LogP contribution in [0.3, 0.4) is 0 Å². The van der Waals surface area contributed by atoms with Crippen molar-refractivity contribution in [1.29, 1.82) is 0 Å². The Morgan fingerprint density at radius 1 is 1.16 bits per heavy atom. The van der Waals surface area contributed by atoms with E-state index in [9.17, 15) is 4.79 Å². The van der Waals surface area contributed by atoms with Gasteiger partial charge in [-0.05, 0) is 68.4 Å². The minimum absolute atomic E-state index is 0.0333. The fraction of sp³-hybridized carbons (Fsp3) is 0.458. The summed E-state index contributed by atoms with van der Waals surface area (Å²) in [5.74, 6) is 1.76. The number of hydrogen-bond donors (Lipinski definition) is 1. The molecule has 4 rings (SSSR count). The van der Waals surface area contributed by atoms with E-state index in [4.69, 9.17) is 9.47 Å². The van der Waals surface area contributed by atoms with Gasteiger partial charge in [-0.15, -0.1) is 11.3 Å². The standard InChI is InChI=1S/C24H29N3O3S/c1-15(2)13-29-18-11-9-17(10-12-18)27-22-20-16(3)21(31-23(20)26-14-25-22)24(28)30-19-7-5-4-6-8-19/h9-12,14-15,19H,4-8,13H2,1-3H3,(H,25,26,27). The number of fused-ring (bicyclic) bond motifs is 1. The summed E-state index contributed by atoms with van der Waals surface area (Å²) >= 11 is 1.37. The maximum absolute atomic E-state index is 12.8. The van der Waals surface area contributed by atoms with Crippen LogP contribution in [0.1, 0.15) is 61.2 Å². The van der Waals surface area contributed by atoms with Crippen LogP contribution in [-0.4, -0.2) is 28.6 Å². The summed E-state index contributed by atoms with van der Waals surface area (Å²) < 4.78 is 11.5. The van der Waals surface area contributed by atoms with Gasteiger partial charge in [0.1, 0.15) is 33.7 Å². The molecule has 7 heteroatoms. The first-order valence-electron chi connectivity index (χ1n) is 11.0. The second-order valence-corrected chi connectivity index (χ2v) is 9.48. The van der Waals surface area contributed by atoms with Gasteiger partial charge in [-0.1, -0.05) is 20.3 Å². The van der Waals surface area contributed by atoms with Crippen LogP contribution in [0.2, 0.25) is 0 Å². The molecule has 0 bridgehead atoms. The Balaban J connectivity index is 1.53. The summed E-state index contributed by atoms with van der Waals surface area (Å²) in [4.78, 5) is 23.0. The quantitative estimate of drug-likeness (QED) is 0.438. The molecular formula is C24H29N3O3S. The number of ether oxygens (including phenoxy) is 2. The molecule has 1 fully saturated rings. The van der Waals surface area contributed by atoms with E-state index < -0.39 is 0 Å². The lowest BCUT2D eigenvalue weighted by Gasteiger charge is -2.21. The van der Waals surface area contributed by atoms with Crippen molar-refractivity contribution in [3.63, 3.8) is 0 Å². The third-order valence-electron chi connectivity index (χ3n) is 5.44. The average molecular weight is 440 g/mol. The van der Waals surface area contributed by atoms with Gasteiger partial charge < -0.3 is 14.8 Å². The number of aromatic nitrogens is 2. The van der Waals surface area contributed by atoms with Crippen molar-refractivity contribution >= 4 is 39.0 Å². The molecule has 1 aliphatic rings. The molecule has 1 N–H and O–H groups in total. The zero-order chi connectivity index (χ0) is 21.8. The van der Waals surface area contributed by atoms with Gasteiger partial charge in [0, 0.05) is 5.69 Å². The van der Waals surface area contributed by atoms with Crippen LogP contribution >= 0.6 is 11.3 Å². The van der Waals surface area contributed by atoms with E-state index in [1.54, 1.807) is 0 Å². The fourth-order valence-electron chi connectivity index (χ4n) is 3.78. The number of hydrogen-bond acceptors (Lipinski definition) is 7. The van der Waals surface area contributed by atoms with Gasteiger partial charge in [0.25, 0.3) is 0 Å².